The molecule has 1 aromatic heterocycles. The number of aromatic amines is 1. The highest BCUT2D eigenvalue weighted by atomic mass is 35.5. The fourth-order valence-electron chi connectivity index (χ4n) is 2.22. The number of fused-ring (bicyclic) bond motifs is 1. The van der Waals surface area contributed by atoms with E-state index in [1.165, 1.54) is 6.07 Å². The van der Waals surface area contributed by atoms with E-state index in [1.807, 2.05) is 12.1 Å². The van der Waals surface area contributed by atoms with Gasteiger partial charge >= 0.3 is 0 Å². The molecule has 2 N–H and O–H groups in total. The molecule has 0 saturated carbocycles. The minimum Gasteiger partial charge on any atom is -0.349 e. The standard InChI is InChI=1S/C16H11ClF2N2OS/c17-13-9-5-1-2-6-10(9)20-14(13)15(22)21-11-7-3-4-8-12(11)23-16(18)19/h1-8,16,20H,(H,21,22). The van der Waals surface area contributed by atoms with Gasteiger partial charge in [-0.25, -0.2) is 0 Å². The van der Waals surface area contributed by atoms with Crippen molar-refractivity contribution < 1.29 is 13.6 Å². The second-order valence-corrected chi connectivity index (χ2v) is 6.10. The third-order valence-electron chi connectivity index (χ3n) is 3.22. The van der Waals surface area contributed by atoms with E-state index >= 15 is 0 Å². The van der Waals surface area contributed by atoms with Crippen molar-refractivity contribution in [1.29, 1.82) is 0 Å². The van der Waals surface area contributed by atoms with E-state index < -0.39 is 11.7 Å². The van der Waals surface area contributed by atoms with Gasteiger partial charge in [0.15, 0.2) is 0 Å². The third-order valence-corrected chi connectivity index (χ3v) is 4.40. The second-order valence-electron chi connectivity index (χ2n) is 4.69. The van der Waals surface area contributed by atoms with E-state index in [4.69, 9.17) is 11.6 Å². The van der Waals surface area contributed by atoms with E-state index in [1.54, 1.807) is 30.3 Å². The van der Waals surface area contributed by atoms with Gasteiger partial charge in [0.25, 0.3) is 11.7 Å². The van der Waals surface area contributed by atoms with Crippen molar-refractivity contribution >= 4 is 45.9 Å². The molecule has 0 unspecified atom stereocenters. The average molecular weight is 353 g/mol. The molecule has 3 aromatic rings. The van der Waals surface area contributed by atoms with Gasteiger partial charge in [0.1, 0.15) is 5.69 Å². The van der Waals surface area contributed by atoms with Gasteiger partial charge < -0.3 is 10.3 Å². The van der Waals surface area contributed by atoms with E-state index in [0.29, 0.717) is 27.4 Å². The molecule has 3 rings (SSSR count). The lowest BCUT2D eigenvalue weighted by atomic mass is 10.2. The van der Waals surface area contributed by atoms with Crippen LogP contribution < -0.4 is 5.32 Å². The summed E-state index contributed by atoms with van der Waals surface area (Å²) in [4.78, 5) is 15.7. The predicted octanol–water partition coefficient (Wildman–Crippen LogP) is 5.39. The molecule has 0 atom stereocenters. The van der Waals surface area contributed by atoms with Crippen LogP contribution in [0.15, 0.2) is 53.4 Å². The number of thioether (sulfide) groups is 1. The Morgan fingerprint density at radius 2 is 1.83 bits per heavy atom. The van der Waals surface area contributed by atoms with Crippen molar-refractivity contribution in [1.82, 2.24) is 4.98 Å². The molecule has 0 fully saturated rings. The number of carbonyl (C=O) groups is 1. The summed E-state index contributed by atoms with van der Waals surface area (Å²) in [6.07, 6.45) is 0. The topological polar surface area (TPSA) is 44.9 Å². The number of rotatable bonds is 4. The fourth-order valence-corrected chi connectivity index (χ4v) is 3.11. The normalized spacial score (nSPS) is 11.1. The molecule has 0 saturated heterocycles. The number of anilines is 1. The summed E-state index contributed by atoms with van der Waals surface area (Å²) in [5, 5.41) is 3.66. The highest BCUT2D eigenvalue weighted by molar-refractivity contribution is 7.99. The number of halogens is 3. The van der Waals surface area contributed by atoms with Crippen LogP contribution in [0.25, 0.3) is 10.9 Å². The average Bonchev–Trinajstić information content (AvgIpc) is 2.86. The third kappa shape index (κ3) is 3.33. The van der Waals surface area contributed by atoms with E-state index in [0.717, 1.165) is 10.9 Å². The predicted molar refractivity (Wildman–Crippen MR) is 89.6 cm³/mol. The van der Waals surface area contributed by atoms with Gasteiger partial charge in [-0.1, -0.05) is 53.7 Å². The van der Waals surface area contributed by atoms with E-state index in [2.05, 4.69) is 10.3 Å². The molecule has 1 amide bonds. The number of para-hydroxylation sites is 2. The molecule has 23 heavy (non-hydrogen) atoms. The lowest BCUT2D eigenvalue weighted by Gasteiger charge is -2.09. The van der Waals surface area contributed by atoms with Crippen molar-refractivity contribution in [3.63, 3.8) is 0 Å². The quantitative estimate of drug-likeness (QED) is 0.618. The maximum absolute atomic E-state index is 12.6. The molecule has 118 valence electrons. The molecule has 0 aliphatic carbocycles. The highest BCUT2D eigenvalue weighted by Gasteiger charge is 2.18. The van der Waals surface area contributed by atoms with Gasteiger partial charge in [0.05, 0.1) is 10.7 Å². The van der Waals surface area contributed by atoms with Crippen LogP contribution in [0.5, 0.6) is 0 Å². The highest BCUT2D eigenvalue weighted by Crippen LogP contribution is 2.33. The molecule has 3 nitrogen and oxygen atoms in total. The van der Waals surface area contributed by atoms with Crippen LogP contribution in [0, 0.1) is 0 Å². The minimum absolute atomic E-state index is 0.199. The first-order valence-electron chi connectivity index (χ1n) is 6.67. The van der Waals surface area contributed by atoms with Crippen LogP contribution in [0.4, 0.5) is 14.5 Å². The Bertz CT molecular complexity index is 866. The number of alkyl halides is 2. The Kier molecular flexibility index (Phi) is 4.54. The number of nitrogens with one attached hydrogen (secondary N) is 2. The molecular weight excluding hydrogens is 342 g/mol. The van der Waals surface area contributed by atoms with Crippen LogP contribution in [-0.4, -0.2) is 16.6 Å². The number of hydrogen-bond donors (Lipinski definition) is 2. The summed E-state index contributed by atoms with van der Waals surface area (Å²) in [7, 11) is 0. The number of amides is 1. The van der Waals surface area contributed by atoms with Crippen molar-refractivity contribution in [3.05, 3.63) is 59.2 Å². The Labute approximate surface area is 140 Å². The number of H-pyrrole nitrogens is 1. The van der Waals surface area contributed by atoms with Crippen LogP contribution in [-0.2, 0) is 0 Å². The van der Waals surface area contributed by atoms with Gasteiger partial charge in [-0.3, -0.25) is 4.79 Å². The minimum atomic E-state index is -2.57. The monoisotopic (exact) mass is 352 g/mol. The molecule has 0 aliphatic rings. The lowest BCUT2D eigenvalue weighted by Crippen LogP contribution is -2.13. The van der Waals surface area contributed by atoms with Gasteiger partial charge in [-0.15, -0.1) is 0 Å². The van der Waals surface area contributed by atoms with Gasteiger partial charge in [0, 0.05) is 15.8 Å². The van der Waals surface area contributed by atoms with Crippen LogP contribution in [0.3, 0.4) is 0 Å². The smallest absolute Gasteiger partial charge is 0.288 e. The Morgan fingerprint density at radius 1 is 1.13 bits per heavy atom. The fraction of sp³-hybridized carbons (Fsp3) is 0.0625. The van der Waals surface area contributed by atoms with Crippen molar-refractivity contribution in [2.45, 2.75) is 10.7 Å². The number of benzene rings is 2. The lowest BCUT2D eigenvalue weighted by molar-refractivity contribution is 0.102. The van der Waals surface area contributed by atoms with Crippen LogP contribution >= 0.6 is 23.4 Å². The summed E-state index contributed by atoms with van der Waals surface area (Å²) in [5.41, 5.74) is 1.25. The molecule has 7 heteroatoms. The molecule has 2 aromatic carbocycles. The molecule has 0 radical (unpaired) electrons. The summed E-state index contributed by atoms with van der Waals surface area (Å²) in [6.45, 7) is 0. The van der Waals surface area contributed by atoms with Gasteiger partial charge in [-0.05, 0) is 18.2 Å². The van der Waals surface area contributed by atoms with Gasteiger partial charge in [-0.2, -0.15) is 8.78 Å². The van der Waals surface area contributed by atoms with Crippen LogP contribution in [0.1, 0.15) is 10.5 Å². The summed E-state index contributed by atoms with van der Waals surface area (Å²) >= 11 is 6.61. The second kappa shape index (κ2) is 6.60. The SMILES string of the molecule is O=C(Nc1ccccc1SC(F)F)c1[nH]c2ccccc2c1Cl. The summed E-state index contributed by atoms with van der Waals surface area (Å²) in [6, 6.07) is 13.6. The maximum Gasteiger partial charge on any atom is 0.288 e. The van der Waals surface area contributed by atoms with Crippen molar-refractivity contribution in [3.8, 4) is 0 Å². The Morgan fingerprint density at radius 3 is 2.57 bits per heavy atom. The van der Waals surface area contributed by atoms with E-state index in [-0.39, 0.29) is 5.69 Å². The molecule has 1 heterocycles. The Balaban J connectivity index is 1.91. The molecule has 0 spiro atoms. The summed E-state index contributed by atoms with van der Waals surface area (Å²) in [5.74, 6) is -3.04. The zero-order valence-corrected chi connectivity index (χ0v) is 13.2. The van der Waals surface area contributed by atoms with E-state index in [9.17, 15) is 13.6 Å². The first-order chi connectivity index (χ1) is 11.1. The molecule has 0 bridgehead atoms. The summed E-state index contributed by atoms with van der Waals surface area (Å²) < 4.78 is 25.2. The molecule has 0 aliphatic heterocycles. The molecular formula is C16H11ClF2N2OS. The zero-order chi connectivity index (χ0) is 16.4. The van der Waals surface area contributed by atoms with Crippen molar-refractivity contribution in [2.24, 2.45) is 0 Å². The Hall–Kier alpha value is -2.05. The largest absolute Gasteiger partial charge is 0.349 e. The number of hydrogen-bond acceptors (Lipinski definition) is 2. The maximum atomic E-state index is 12.6. The number of aromatic nitrogens is 1. The van der Waals surface area contributed by atoms with Crippen molar-refractivity contribution in [2.75, 3.05) is 5.32 Å². The number of carbonyl (C=O) groups excluding carboxylic acids is 1. The first-order valence-corrected chi connectivity index (χ1v) is 7.93. The zero-order valence-electron chi connectivity index (χ0n) is 11.6. The van der Waals surface area contributed by atoms with Crippen LogP contribution in [0.2, 0.25) is 5.02 Å². The first kappa shape index (κ1) is 15.8. The van der Waals surface area contributed by atoms with Gasteiger partial charge in [0.2, 0.25) is 0 Å².